The van der Waals surface area contributed by atoms with Gasteiger partial charge in [0.2, 0.25) is 5.95 Å². The molecule has 1 atom stereocenters. The Kier molecular flexibility index (Phi) is 8.19. The average molecular weight is 535 g/mol. The van der Waals surface area contributed by atoms with E-state index in [4.69, 9.17) is 11.6 Å². The molecule has 0 bridgehead atoms. The van der Waals surface area contributed by atoms with E-state index in [1.807, 2.05) is 13.8 Å². The quantitative estimate of drug-likeness (QED) is 0.273. The Morgan fingerprint density at radius 2 is 1.69 bits per heavy atom. The molecule has 0 aliphatic heterocycles. The second-order valence-electron chi connectivity index (χ2n) is 8.00. The Balaban J connectivity index is 2.10. The van der Waals surface area contributed by atoms with E-state index in [0.29, 0.717) is 0 Å². The van der Waals surface area contributed by atoms with Crippen LogP contribution in [0.4, 0.5) is 43.8 Å². The van der Waals surface area contributed by atoms with E-state index in [9.17, 15) is 31.4 Å². The number of hydrogen-bond donors (Lipinski definition) is 3. The summed E-state index contributed by atoms with van der Waals surface area (Å²) in [5.41, 5.74) is -1.26. The second-order valence-corrected chi connectivity index (χ2v) is 8.41. The first-order valence-corrected chi connectivity index (χ1v) is 10.9. The van der Waals surface area contributed by atoms with Gasteiger partial charge in [0.05, 0.1) is 34.6 Å². The van der Waals surface area contributed by atoms with E-state index >= 15 is 0 Å². The van der Waals surface area contributed by atoms with Crippen LogP contribution in [-0.2, 0) is 6.18 Å². The number of anilines is 3. The Morgan fingerprint density at radius 3 is 2.31 bits per heavy atom. The molecule has 13 heteroatoms. The molecular formula is C23H21ClF6N4O2. The number of para-hydroxylation sites is 1. The summed E-state index contributed by atoms with van der Waals surface area (Å²) in [5.74, 6) is -0.791. The van der Waals surface area contributed by atoms with E-state index in [2.05, 4.69) is 25.3 Å². The summed E-state index contributed by atoms with van der Waals surface area (Å²) >= 11 is 6.03. The molecule has 0 aliphatic carbocycles. The zero-order valence-electron chi connectivity index (χ0n) is 18.9. The van der Waals surface area contributed by atoms with Crippen LogP contribution in [0.15, 0.2) is 48.5 Å². The van der Waals surface area contributed by atoms with Gasteiger partial charge in [-0.2, -0.15) is 18.2 Å². The van der Waals surface area contributed by atoms with Crippen LogP contribution in [-0.4, -0.2) is 34.1 Å². The fraction of sp³-hybridized carbons (Fsp3) is 0.304. The Labute approximate surface area is 207 Å². The Morgan fingerprint density at radius 1 is 1.00 bits per heavy atom. The van der Waals surface area contributed by atoms with Crippen molar-refractivity contribution >= 4 is 29.1 Å². The minimum atomic E-state index is -4.92. The van der Waals surface area contributed by atoms with Crippen molar-refractivity contribution in [3.63, 3.8) is 0 Å². The van der Waals surface area contributed by atoms with E-state index in [-0.39, 0.29) is 40.6 Å². The molecule has 1 aromatic heterocycles. The SMILES string of the molecule is CC(C)[C@@H](CO)Nc1nc(Nc2c(Cl)cccc2C(F)(F)F)cc(-c2cccc(OC(F)(F)F)c2)n1. The number of nitrogens with zero attached hydrogens (tertiary/aromatic N) is 2. The highest BCUT2D eigenvalue weighted by Gasteiger charge is 2.35. The highest BCUT2D eigenvalue weighted by Crippen LogP contribution is 2.40. The van der Waals surface area contributed by atoms with Crippen LogP contribution < -0.4 is 15.4 Å². The summed E-state index contributed by atoms with van der Waals surface area (Å²) < 4.78 is 82.7. The lowest BCUT2D eigenvalue weighted by atomic mass is 10.1. The van der Waals surface area contributed by atoms with Crippen LogP contribution in [0, 0.1) is 5.92 Å². The molecule has 0 amide bonds. The first-order chi connectivity index (χ1) is 16.8. The highest BCUT2D eigenvalue weighted by atomic mass is 35.5. The number of alkyl halides is 6. The third-order valence-corrected chi connectivity index (χ3v) is 5.29. The van der Waals surface area contributed by atoms with Gasteiger partial charge < -0.3 is 20.5 Å². The third-order valence-electron chi connectivity index (χ3n) is 4.98. The minimum absolute atomic E-state index is 0.0729. The molecule has 3 rings (SSSR count). The average Bonchev–Trinajstić information content (AvgIpc) is 2.77. The van der Waals surface area contributed by atoms with Gasteiger partial charge >= 0.3 is 12.5 Å². The molecule has 0 saturated carbocycles. The van der Waals surface area contributed by atoms with Crippen LogP contribution in [0.1, 0.15) is 19.4 Å². The van der Waals surface area contributed by atoms with E-state index in [1.54, 1.807) is 0 Å². The lowest BCUT2D eigenvalue weighted by Gasteiger charge is -2.21. The maximum Gasteiger partial charge on any atom is 0.573 e. The maximum absolute atomic E-state index is 13.6. The van der Waals surface area contributed by atoms with Crippen LogP contribution in [0.5, 0.6) is 5.75 Å². The monoisotopic (exact) mass is 534 g/mol. The van der Waals surface area contributed by atoms with E-state index in [0.717, 1.165) is 24.3 Å². The van der Waals surface area contributed by atoms with Gasteiger partial charge in [-0.25, -0.2) is 4.98 Å². The topological polar surface area (TPSA) is 79.3 Å². The van der Waals surface area contributed by atoms with E-state index in [1.165, 1.54) is 24.3 Å². The normalized spacial score (nSPS) is 13.0. The summed E-state index contributed by atoms with van der Waals surface area (Å²) in [6.45, 7) is 3.33. The molecular weight excluding hydrogens is 514 g/mol. The van der Waals surface area contributed by atoms with Crippen LogP contribution in [0.3, 0.4) is 0 Å². The fourth-order valence-corrected chi connectivity index (χ4v) is 3.40. The van der Waals surface area contributed by atoms with Crippen molar-refractivity contribution < 1.29 is 36.2 Å². The predicted molar refractivity (Wildman–Crippen MR) is 123 cm³/mol. The van der Waals surface area contributed by atoms with Gasteiger partial charge in [-0.3, -0.25) is 0 Å². The molecule has 0 radical (unpaired) electrons. The molecule has 3 N–H and O–H groups in total. The third kappa shape index (κ3) is 7.14. The van der Waals surface area contributed by atoms with Gasteiger partial charge in [-0.15, -0.1) is 13.2 Å². The van der Waals surface area contributed by atoms with Crippen molar-refractivity contribution in [2.45, 2.75) is 32.4 Å². The zero-order chi connectivity index (χ0) is 26.7. The zero-order valence-corrected chi connectivity index (χ0v) is 19.6. The van der Waals surface area contributed by atoms with Gasteiger partial charge in [0.25, 0.3) is 0 Å². The van der Waals surface area contributed by atoms with E-state index < -0.39 is 35.6 Å². The Hall–Kier alpha value is -3.25. The van der Waals surface area contributed by atoms with Crippen molar-refractivity contribution in [3.8, 4) is 17.0 Å². The number of aromatic nitrogens is 2. The number of ether oxygens (including phenoxy) is 1. The number of aliphatic hydroxyl groups is 1. The lowest BCUT2D eigenvalue weighted by Crippen LogP contribution is -2.30. The molecule has 0 fully saturated rings. The smallest absolute Gasteiger partial charge is 0.406 e. The maximum atomic E-state index is 13.6. The van der Waals surface area contributed by atoms with Gasteiger partial charge in [-0.05, 0) is 30.2 Å². The van der Waals surface area contributed by atoms with Crippen LogP contribution in [0.2, 0.25) is 5.02 Å². The molecule has 3 aromatic rings. The van der Waals surface area contributed by atoms with Crippen molar-refractivity contribution in [2.24, 2.45) is 5.92 Å². The van der Waals surface area contributed by atoms with Gasteiger partial charge in [-0.1, -0.05) is 43.6 Å². The number of rotatable bonds is 8. The molecule has 194 valence electrons. The highest BCUT2D eigenvalue weighted by molar-refractivity contribution is 6.33. The van der Waals surface area contributed by atoms with Crippen molar-refractivity contribution in [1.82, 2.24) is 9.97 Å². The largest absolute Gasteiger partial charge is 0.573 e. The van der Waals surface area contributed by atoms with Crippen molar-refractivity contribution in [1.29, 1.82) is 0 Å². The molecule has 0 spiro atoms. The molecule has 0 saturated heterocycles. The first-order valence-electron chi connectivity index (χ1n) is 10.5. The number of nitrogens with one attached hydrogen (secondary N) is 2. The standard InChI is InChI=1S/C23H21ClF6N4O2/c1-12(2)18(11-35)32-21-31-17(13-5-3-6-14(9-13)36-23(28,29)30)10-19(34-21)33-20-15(22(25,26)27)7-4-8-16(20)24/h3-10,12,18,35H,11H2,1-2H3,(H2,31,32,33,34)/t18-/m1/s1. The molecule has 1 heterocycles. The lowest BCUT2D eigenvalue weighted by molar-refractivity contribution is -0.274. The minimum Gasteiger partial charge on any atom is -0.406 e. The molecule has 0 unspecified atom stereocenters. The molecule has 2 aromatic carbocycles. The van der Waals surface area contributed by atoms with Crippen molar-refractivity contribution in [2.75, 3.05) is 17.2 Å². The van der Waals surface area contributed by atoms with Crippen LogP contribution in [0.25, 0.3) is 11.3 Å². The van der Waals surface area contributed by atoms with Crippen molar-refractivity contribution in [3.05, 3.63) is 59.1 Å². The summed E-state index contributed by atoms with van der Waals surface area (Å²) in [5, 5.41) is 14.9. The summed E-state index contributed by atoms with van der Waals surface area (Å²) in [6.07, 6.45) is -9.65. The molecule has 36 heavy (non-hydrogen) atoms. The number of halogens is 7. The van der Waals surface area contributed by atoms with Crippen LogP contribution >= 0.6 is 11.6 Å². The molecule has 6 nitrogen and oxygen atoms in total. The number of hydrogen-bond acceptors (Lipinski definition) is 6. The van der Waals surface area contributed by atoms with Gasteiger partial charge in [0.1, 0.15) is 11.6 Å². The van der Waals surface area contributed by atoms with Gasteiger partial charge in [0, 0.05) is 11.6 Å². The fourth-order valence-electron chi connectivity index (χ4n) is 3.18. The molecule has 0 aliphatic rings. The summed E-state index contributed by atoms with van der Waals surface area (Å²) in [4.78, 5) is 8.47. The number of aliphatic hydroxyl groups excluding tert-OH is 1. The first kappa shape index (κ1) is 27.3. The predicted octanol–water partition coefficient (Wildman–Crippen LogP) is 6.89. The second kappa shape index (κ2) is 10.8. The summed E-state index contributed by atoms with van der Waals surface area (Å²) in [6, 6.07) is 8.91. The number of benzene rings is 2. The Bertz CT molecular complexity index is 1200. The summed E-state index contributed by atoms with van der Waals surface area (Å²) in [7, 11) is 0. The van der Waals surface area contributed by atoms with Gasteiger partial charge in [0.15, 0.2) is 0 Å².